The number of amides is 3. The van der Waals surface area contributed by atoms with Crippen molar-refractivity contribution in [2.24, 2.45) is 0 Å². The van der Waals surface area contributed by atoms with Gasteiger partial charge in [-0.05, 0) is 39.3 Å². The number of benzene rings is 1. The van der Waals surface area contributed by atoms with Crippen molar-refractivity contribution >= 4 is 34.8 Å². The smallest absolute Gasteiger partial charge is 0.410 e. The third-order valence-electron chi connectivity index (χ3n) is 5.84. The van der Waals surface area contributed by atoms with Gasteiger partial charge in [-0.1, -0.05) is 12.1 Å². The van der Waals surface area contributed by atoms with E-state index in [1.807, 2.05) is 12.1 Å². The zero-order valence-corrected chi connectivity index (χ0v) is 21.9. The van der Waals surface area contributed by atoms with Crippen LogP contribution in [-0.4, -0.2) is 90.7 Å². The molecule has 1 aromatic heterocycles. The second-order valence-corrected chi connectivity index (χ2v) is 9.66. The quantitative estimate of drug-likeness (QED) is 0.558. The monoisotopic (exact) mass is 514 g/mol. The normalized spacial score (nSPS) is 14.6. The number of hydrogen-bond acceptors (Lipinski definition) is 8. The van der Waals surface area contributed by atoms with E-state index in [4.69, 9.17) is 14.2 Å². The number of methoxy groups -OCH3 is 2. The van der Waals surface area contributed by atoms with Crippen LogP contribution in [0.5, 0.6) is 5.75 Å². The highest BCUT2D eigenvalue weighted by Gasteiger charge is 2.32. The van der Waals surface area contributed by atoms with Crippen LogP contribution in [0, 0.1) is 0 Å². The largest absolute Gasteiger partial charge is 0.496 e. The van der Waals surface area contributed by atoms with Crippen LogP contribution in [-0.2, 0) is 19.1 Å². The molecule has 1 aromatic carbocycles. The van der Waals surface area contributed by atoms with Crippen molar-refractivity contribution in [2.45, 2.75) is 45.3 Å². The van der Waals surface area contributed by atoms with Crippen molar-refractivity contribution < 1.29 is 33.4 Å². The Morgan fingerprint density at radius 3 is 2.30 bits per heavy atom. The molecular formula is C26H34N4O7. The zero-order valence-electron chi connectivity index (χ0n) is 21.9. The van der Waals surface area contributed by atoms with E-state index in [0.717, 1.165) is 5.39 Å². The van der Waals surface area contributed by atoms with Gasteiger partial charge < -0.3 is 29.3 Å². The predicted molar refractivity (Wildman–Crippen MR) is 135 cm³/mol. The Hall–Kier alpha value is -3.89. The molecule has 1 atom stereocenters. The van der Waals surface area contributed by atoms with Crippen LogP contribution in [0.4, 0.5) is 4.79 Å². The predicted octanol–water partition coefficient (Wildman–Crippen LogP) is 2.37. The first-order chi connectivity index (χ1) is 17.5. The number of ether oxygens (including phenoxy) is 3. The first kappa shape index (κ1) is 27.7. The van der Waals surface area contributed by atoms with E-state index in [1.54, 1.807) is 42.7 Å². The SMILES string of the molecule is COC(=O)CCC(NC(=O)c1cc(OC)c2ccccc2n1)C(=O)N1CCN(C(=O)OC(C)(C)C)CC1. The maximum atomic E-state index is 13.4. The molecule has 1 saturated heterocycles. The fourth-order valence-electron chi connectivity index (χ4n) is 3.94. The van der Waals surface area contributed by atoms with E-state index < -0.39 is 29.6 Å². The topological polar surface area (TPSA) is 127 Å². The Morgan fingerprint density at radius 1 is 1.03 bits per heavy atom. The molecule has 200 valence electrons. The van der Waals surface area contributed by atoms with E-state index >= 15 is 0 Å². The summed E-state index contributed by atoms with van der Waals surface area (Å²) in [4.78, 5) is 58.2. The molecule has 37 heavy (non-hydrogen) atoms. The van der Waals surface area contributed by atoms with Crippen molar-refractivity contribution in [3.63, 3.8) is 0 Å². The van der Waals surface area contributed by atoms with Gasteiger partial charge in [-0.15, -0.1) is 0 Å². The molecule has 2 aromatic rings. The molecule has 11 heteroatoms. The van der Waals surface area contributed by atoms with Crippen molar-refractivity contribution in [2.75, 3.05) is 40.4 Å². The number of esters is 1. The number of carbonyl (C=O) groups excluding carboxylic acids is 4. The molecule has 3 rings (SSSR count). The first-order valence-corrected chi connectivity index (χ1v) is 12.1. The number of rotatable bonds is 7. The number of pyridine rings is 1. The summed E-state index contributed by atoms with van der Waals surface area (Å²) < 4.78 is 15.5. The zero-order chi connectivity index (χ0) is 27.2. The van der Waals surface area contributed by atoms with Gasteiger partial charge in [0.15, 0.2) is 0 Å². The Morgan fingerprint density at radius 2 is 1.68 bits per heavy atom. The Kier molecular flexibility index (Phi) is 8.90. The summed E-state index contributed by atoms with van der Waals surface area (Å²) in [6, 6.07) is 7.77. The lowest BCUT2D eigenvalue weighted by molar-refractivity contribution is -0.141. The number of nitrogens with one attached hydrogen (secondary N) is 1. The number of aromatic nitrogens is 1. The second kappa shape index (κ2) is 11.9. The summed E-state index contributed by atoms with van der Waals surface area (Å²) in [6.07, 6.45) is -0.445. The summed E-state index contributed by atoms with van der Waals surface area (Å²) in [6.45, 7) is 6.50. The minimum absolute atomic E-state index is 0.0498. The van der Waals surface area contributed by atoms with Gasteiger partial charge in [-0.25, -0.2) is 9.78 Å². The molecular weight excluding hydrogens is 480 g/mol. The number of piperazine rings is 1. The maximum Gasteiger partial charge on any atom is 0.410 e. The Balaban J connectivity index is 1.73. The third-order valence-corrected chi connectivity index (χ3v) is 5.84. The molecule has 0 radical (unpaired) electrons. The van der Waals surface area contributed by atoms with Gasteiger partial charge in [0.25, 0.3) is 5.91 Å². The van der Waals surface area contributed by atoms with Crippen LogP contribution in [0.25, 0.3) is 10.9 Å². The van der Waals surface area contributed by atoms with Gasteiger partial charge in [0.2, 0.25) is 5.91 Å². The summed E-state index contributed by atoms with van der Waals surface area (Å²) in [5.74, 6) is -0.938. The van der Waals surface area contributed by atoms with Crippen molar-refractivity contribution in [3.05, 3.63) is 36.0 Å². The molecule has 1 fully saturated rings. The second-order valence-electron chi connectivity index (χ2n) is 9.66. The van der Waals surface area contributed by atoms with Gasteiger partial charge >= 0.3 is 12.1 Å². The number of para-hydroxylation sites is 1. The lowest BCUT2D eigenvalue weighted by Gasteiger charge is -2.37. The van der Waals surface area contributed by atoms with Crippen LogP contribution in [0.3, 0.4) is 0 Å². The van der Waals surface area contributed by atoms with E-state index in [9.17, 15) is 19.2 Å². The van der Waals surface area contributed by atoms with Crippen LogP contribution >= 0.6 is 0 Å². The molecule has 3 amide bonds. The number of nitrogens with zero attached hydrogens (tertiary/aromatic N) is 3. The standard InChI is InChI=1S/C26H34N4O7/c1-26(2,3)37-25(34)30-14-12-29(13-15-30)24(33)19(10-11-22(31)36-5)28-23(32)20-16-21(35-4)17-8-6-7-9-18(17)27-20/h6-9,16,19H,10-15H2,1-5H3,(H,28,32). The van der Waals surface area contributed by atoms with Crippen LogP contribution in [0.2, 0.25) is 0 Å². The molecule has 1 aliphatic heterocycles. The average molecular weight is 515 g/mol. The summed E-state index contributed by atoms with van der Waals surface area (Å²) in [5.41, 5.74) is 0.0381. The molecule has 0 saturated carbocycles. The molecule has 1 N–H and O–H groups in total. The molecule has 1 aliphatic rings. The molecule has 11 nitrogen and oxygen atoms in total. The highest BCUT2D eigenvalue weighted by atomic mass is 16.6. The Bertz CT molecular complexity index is 1150. The van der Waals surface area contributed by atoms with Crippen LogP contribution in [0.1, 0.15) is 44.1 Å². The highest BCUT2D eigenvalue weighted by molar-refractivity contribution is 5.99. The average Bonchev–Trinajstić information content (AvgIpc) is 2.88. The molecule has 2 heterocycles. The van der Waals surface area contributed by atoms with Crippen LogP contribution < -0.4 is 10.1 Å². The van der Waals surface area contributed by atoms with Crippen molar-refractivity contribution in [1.29, 1.82) is 0 Å². The number of hydrogen-bond donors (Lipinski definition) is 1. The lowest BCUT2D eigenvalue weighted by atomic mass is 10.1. The van der Waals surface area contributed by atoms with E-state index in [-0.39, 0.29) is 37.5 Å². The summed E-state index contributed by atoms with van der Waals surface area (Å²) >= 11 is 0. The fraction of sp³-hybridized carbons (Fsp3) is 0.500. The number of fused-ring (bicyclic) bond motifs is 1. The van der Waals surface area contributed by atoms with Crippen LogP contribution in [0.15, 0.2) is 30.3 Å². The lowest BCUT2D eigenvalue weighted by Crippen LogP contribution is -2.56. The van der Waals surface area contributed by atoms with Gasteiger partial charge in [0.1, 0.15) is 23.1 Å². The van der Waals surface area contributed by atoms with E-state index in [2.05, 4.69) is 10.3 Å². The molecule has 1 unspecified atom stereocenters. The first-order valence-electron chi connectivity index (χ1n) is 12.1. The Labute approximate surface area is 216 Å². The number of carbonyl (C=O) groups is 4. The minimum atomic E-state index is -0.987. The van der Waals surface area contributed by atoms with E-state index in [1.165, 1.54) is 20.3 Å². The molecule has 0 bridgehead atoms. The van der Waals surface area contributed by atoms with E-state index in [0.29, 0.717) is 24.4 Å². The molecule has 0 spiro atoms. The summed E-state index contributed by atoms with van der Waals surface area (Å²) in [7, 11) is 2.77. The maximum absolute atomic E-state index is 13.4. The third kappa shape index (κ3) is 7.31. The van der Waals surface area contributed by atoms with Crippen molar-refractivity contribution in [1.82, 2.24) is 20.1 Å². The fourth-order valence-corrected chi connectivity index (χ4v) is 3.94. The highest BCUT2D eigenvalue weighted by Crippen LogP contribution is 2.25. The molecule has 0 aliphatic carbocycles. The van der Waals surface area contributed by atoms with Crippen molar-refractivity contribution in [3.8, 4) is 5.75 Å². The van der Waals surface area contributed by atoms with Gasteiger partial charge in [0.05, 0.1) is 19.7 Å². The minimum Gasteiger partial charge on any atom is -0.496 e. The summed E-state index contributed by atoms with van der Waals surface area (Å²) in [5, 5.41) is 3.48. The van der Waals surface area contributed by atoms with Gasteiger partial charge in [0, 0.05) is 44.1 Å². The van der Waals surface area contributed by atoms with Gasteiger partial charge in [-0.2, -0.15) is 0 Å². The van der Waals surface area contributed by atoms with Gasteiger partial charge in [-0.3, -0.25) is 14.4 Å².